The number of amides is 1. The molecule has 0 bridgehead atoms. The van der Waals surface area contributed by atoms with Gasteiger partial charge in [-0.25, -0.2) is 10.2 Å². The van der Waals surface area contributed by atoms with Crippen LogP contribution in [0.3, 0.4) is 0 Å². The Kier molecular flexibility index (Phi) is 7.88. The maximum absolute atomic E-state index is 12.7. The fraction of sp³-hybridized carbons (Fsp3) is 0.107. The molecule has 0 aliphatic rings. The highest BCUT2D eigenvalue weighted by molar-refractivity contribution is 6.35. The molecule has 0 aliphatic heterocycles. The molecule has 0 saturated carbocycles. The fourth-order valence-electron chi connectivity index (χ4n) is 3.41. The van der Waals surface area contributed by atoms with Crippen molar-refractivity contribution in [2.24, 2.45) is 5.10 Å². The number of ether oxygens (including phenoxy) is 2. The van der Waals surface area contributed by atoms with Gasteiger partial charge >= 0.3 is 5.97 Å². The number of esters is 1. The quantitative estimate of drug-likeness (QED) is 0.129. The first kappa shape index (κ1) is 25.2. The molecular formula is C28H22Cl2N2O4. The van der Waals surface area contributed by atoms with Gasteiger partial charge in [0.25, 0.3) is 5.91 Å². The number of rotatable bonds is 7. The van der Waals surface area contributed by atoms with Crippen LogP contribution in [0, 0.1) is 6.92 Å². The zero-order chi connectivity index (χ0) is 25.7. The van der Waals surface area contributed by atoms with Crippen molar-refractivity contribution in [3.8, 4) is 11.5 Å². The molecule has 1 amide bonds. The minimum atomic E-state index is -0.882. The molecule has 1 unspecified atom stereocenters. The summed E-state index contributed by atoms with van der Waals surface area (Å²) >= 11 is 12.0. The first-order valence-electron chi connectivity index (χ1n) is 11.1. The zero-order valence-corrected chi connectivity index (χ0v) is 21.0. The van der Waals surface area contributed by atoms with Crippen molar-refractivity contribution < 1.29 is 19.1 Å². The van der Waals surface area contributed by atoms with Crippen LogP contribution in [0.25, 0.3) is 10.8 Å². The number of carbonyl (C=O) groups is 2. The van der Waals surface area contributed by atoms with Gasteiger partial charge in [0.2, 0.25) is 0 Å². The molecule has 6 nitrogen and oxygen atoms in total. The van der Waals surface area contributed by atoms with E-state index in [4.69, 9.17) is 32.7 Å². The molecule has 4 aromatic rings. The van der Waals surface area contributed by atoms with Crippen LogP contribution in [-0.4, -0.2) is 24.2 Å². The van der Waals surface area contributed by atoms with Gasteiger partial charge in [0.05, 0.1) is 16.8 Å². The maximum atomic E-state index is 12.7. The number of hydrogen-bond donors (Lipinski definition) is 1. The Labute approximate surface area is 218 Å². The first-order valence-corrected chi connectivity index (χ1v) is 11.8. The van der Waals surface area contributed by atoms with E-state index in [9.17, 15) is 9.59 Å². The van der Waals surface area contributed by atoms with Gasteiger partial charge in [-0.15, -0.1) is 0 Å². The second kappa shape index (κ2) is 11.2. The Balaban J connectivity index is 1.53. The number of nitrogens with one attached hydrogen (secondary N) is 1. The van der Waals surface area contributed by atoms with Crippen LogP contribution in [0.5, 0.6) is 11.5 Å². The fourth-order valence-corrected chi connectivity index (χ4v) is 3.87. The second-order valence-corrected chi connectivity index (χ2v) is 8.87. The molecule has 0 aliphatic carbocycles. The van der Waals surface area contributed by atoms with Gasteiger partial charge in [-0.3, -0.25) is 4.79 Å². The first-order chi connectivity index (χ1) is 17.3. The Morgan fingerprint density at radius 1 is 0.944 bits per heavy atom. The van der Waals surface area contributed by atoms with Crippen molar-refractivity contribution in [1.29, 1.82) is 0 Å². The molecule has 1 atom stereocenters. The van der Waals surface area contributed by atoms with Crippen molar-refractivity contribution in [1.82, 2.24) is 5.43 Å². The summed E-state index contributed by atoms with van der Waals surface area (Å²) in [5, 5.41) is 6.58. The monoisotopic (exact) mass is 520 g/mol. The van der Waals surface area contributed by atoms with Crippen LogP contribution in [-0.2, 0) is 4.79 Å². The Morgan fingerprint density at radius 2 is 1.67 bits per heavy atom. The number of carbonyl (C=O) groups excluding carboxylic acids is 2. The average Bonchev–Trinajstić information content (AvgIpc) is 2.87. The van der Waals surface area contributed by atoms with Gasteiger partial charge in [0.1, 0.15) is 11.5 Å². The van der Waals surface area contributed by atoms with Gasteiger partial charge in [-0.1, -0.05) is 71.2 Å². The minimum absolute atomic E-state index is 0.293. The van der Waals surface area contributed by atoms with E-state index in [1.165, 1.54) is 12.3 Å². The molecule has 0 fully saturated rings. The smallest absolute Gasteiger partial charge is 0.343 e. The predicted octanol–water partition coefficient (Wildman–Crippen LogP) is 6.59. The summed E-state index contributed by atoms with van der Waals surface area (Å²) in [5.41, 5.74) is 4.47. The highest BCUT2D eigenvalue weighted by Gasteiger charge is 2.17. The van der Waals surface area contributed by atoms with Crippen LogP contribution in [0.2, 0.25) is 10.0 Å². The Bertz CT molecular complexity index is 1450. The lowest BCUT2D eigenvalue weighted by Crippen LogP contribution is -2.33. The van der Waals surface area contributed by atoms with Crippen molar-refractivity contribution in [3.63, 3.8) is 0 Å². The number of fused-ring (bicyclic) bond motifs is 1. The molecule has 4 rings (SSSR count). The number of hydrazone groups is 1. The Morgan fingerprint density at radius 3 is 2.42 bits per heavy atom. The topological polar surface area (TPSA) is 77.0 Å². The lowest BCUT2D eigenvalue weighted by atomic mass is 10.0. The lowest BCUT2D eigenvalue weighted by Gasteiger charge is -2.14. The van der Waals surface area contributed by atoms with E-state index in [-0.39, 0.29) is 0 Å². The molecule has 0 radical (unpaired) electrons. The molecule has 8 heteroatoms. The highest BCUT2D eigenvalue weighted by Crippen LogP contribution is 2.29. The Hall–Kier alpha value is -3.87. The number of aryl methyl sites for hydroxylation is 1. The lowest BCUT2D eigenvalue weighted by molar-refractivity contribution is -0.127. The number of halogens is 2. The highest BCUT2D eigenvalue weighted by atomic mass is 35.5. The largest absolute Gasteiger partial charge is 0.479 e. The molecular weight excluding hydrogens is 499 g/mol. The molecule has 0 heterocycles. The number of benzene rings is 4. The van der Waals surface area contributed by atoms with E-state index >= 15 is 0 Å². The van der Waals surface area contributed by atoms with Gasteiger partial charge in [-0.2, -0.15) is 5.10 Å². The van der Waals surface area contributed by atoms with Crippen molar-refractivity contribution in [3.05, 3.63) is 106 Å². The zero-order valence-electron chi connectivity index (χ0n) is 19.5. The summed E-state index contributed by atoms with van der Waals surface area (Å²) < 4.78 is 11.3. The minimum Gasteiger partial charge on any atom is -0.479 e. The SMILES string of the molecule is Cc1ccc(C(=O)Oc2ccc3ccccc3c2/C=N/NC(=O)C(C)Oc2ccc(Cl)cc2Cl)cc1. The number of hydrogen-bond acceptors (Lipinski definition) is 5. The molecule has 182 valence electrons. The average molecular weight is 521 g/mol. The summed E-state index contributed by atoms with van der Waals surface area (Å²) in [5.74, 6) is -0.344. The molecule has 1 N–H and O–H groups in total. The van der Waals surface area contributed by atoms with E-state index in [0.29, 0.717) is 32.7 Å². The molecule has 0 saturated heterocycles. The standard InChI is InChI=1S/C28H22Cl2N2O4/c1-17-7-9-20(10-8-17)28(34)36-25-13-11-19-5-3-4-6-22(19)23(25)16-31-32-27(33)18(2)35-26-14-12-21(29)15-24(26)30/h3-16,18H,1-2H3,(H,32,33)/b31-16+. The van der Waals surface area contributed by atoms with Crippen molar-refractivity contribution in [2.75, 3.05) is 0 Å². The summed E-state index contributed by atoms with van der Waals surface area (Å²) in [6.07, 6.45) is 0.562. The number of nitrogens with zero attached hydrogens (tertiary/aromatic N) is 1. The van der Waals surface area contributed by atoms with Crippen molar-refractivity contribution in [2.45, 2.75) is 20.0 Å². The van der Waals surface area contributed by atoms with E-state index in [1.807, 2.05) is 49.4 Å². The van der Waals surface area contributed by atoms with Crippen LogP contribution >= 0.6 is 23.2 Å². The van der Waals surface area contributed by atoms with Gasteiger partial charge in [0, 0.05) is 10.6 Å². The van der Waals surface area contributed by atoms with E-state index in [1.54, 1.807) is 37.3 Å². The van der Waals surface area contributed by atoms with Gasteiger partial charge in [0.15, 0.2) is 6.10 Å². The molecule has 4 aromatic carbocycles. The third kappa shape index (κ3) is 6.03. The maximum Gasteiger partial charge on any atom is 0.343 e. The van der Waals surface area contributed by atoms with Crippen LogP contribution in [0.4, 0.5) is 0 Å². The predicted molar refractivity (Wildman–Crippen MR) is 142 cm³/mol. The van der Waals surface area contributed by atoms with E-state index in [2.05, 4.69) is 10.5 Å². The normalized spacial score (nSPS) is 11.9. The summed E-state index contributed by atoms with van der Waals surface area (Å²) in [6.45, 7) is 3.51. The summed E-state index contributed by atoms with van der Waals surface area (Å²) in [4.78, 5) is 25.3. The molecule has 36 heavy (non-hydrogen) atoms. The van der Waals surface area contributed by atoms with Crippen LogP contribution in [0.1, 0.15) is 28.4 Å². The molecule has 0 spiro atoms. The van der Waals surface area contributed by atoms with E-state index < -0.39 is 18.0 Å². The van der Waals surface area contributed by atoms with E-state index in [0.717, 1.165) is 16.3 Å². The summed E-state index contributed by atoms with van der Waals surface area (Å²) in [7, 11) is 0. The second-order valence-electron chi connectivity index (χ2n) is 8.02. The third-order valence-electron chi connectivity index (χ3n) is 5.36. The van der Waals surface area contributed by atoms with Gasteiger partial charge < -0.3 is 9.47 Å². The third-order valence-corrected chi connectivity index (χ3v) is 5.89. The summed E-state index contributed by atoms with van der Waals surface area (Å²) in [6, 6.07) is 23.0. The molecule has 0 aromatic heterocycles. The van der Waals surface area contributed by atoms with Crippen LogP contribution in [0.15, 0.2) is 84.0 Å². The van der Waals surface area contributed by atoms with Gasteiger partial charge in [-0.05, 0) is 61.0 Å². The van der Waals surface area contributed by atoms with Crippen molar-refractivity contribution >= 4 is 52.1 Å². The van der Waals surface area contributed by atoms with Crippen LogP contribution < -0.4 is 14.9 Å².